The number of rotatable bonds is 6. The van der Waals surface area contributed by atoms with E-state index in [0.29, 0.717) is 13.1 Å². The van der Waals surface area contributed by atoms with Crippen LogP contribution in [0.2, 0.25) is 0 Å². The molecule has 0 atom stereocenters. The van der Waals surface area contributed by atoms with Gasteiger partial charge in [-0.3, -0.25) is 9.59 Å². The molecule has 1 aliphatic rings. The quantitative estimate of drug-likeness (QED) is 0.817. The van der Waals surface area contributed by atoms with Crippen LogP contribution in [-0.4, -0.2) is 56.1 Å². The molecule has 0 unspecified atom stereocenters. The third-order valence-electron chi connectivity index (χ3n) is 3.71. The lowest BCUT2D eigenvalue weighted by atomic mass is 10.0. The third kappa shape index (κ3) is 6.46. The van der Waals surface area contributed by atoms with Crippen LogP contribution < -0.4 is 10.6 Å². The summed E-state index contributed by atoms with van der Waals surface area (Å²) in [5.74, 6) is -0.0106. The van der Waals surface area contributed by atoms with E-state index in [1.807, 2.05) is 30.3 Å². The van der Waals surface area contributed by atoms with E-state index in [1.54, 1.807) is 4.90 Å². The van der Waals surface area contributed by atoms with Crippen LogP contribution in [0.25, 0.3) is 0 Å². The Morgan fingerprint density at radius 2 is 1.87 bits per heavy atom. The van der Waals surface area contributed by atoms with Crippen molar-refractivity contribution in [2.24, 2.45) is 0 Å². The molecule has 0 spiro atoms. The van der Waals surface area contributed by atoms with Gasteiger partial charge in [-0.05, 0) is 25.0 Å². The van der Waals surface area contributed by atoms with Crippen LogP contribution >= 0.6 is 12.4 Å². The number of ether oxygens (including phenoxy) is 1. The van der Waals surface area contributed by atoms with Gasteiger partial charge in [-0.25, -0.2) is 0 Å². The minimum atomic E-state index is -0.0227. The summed E-state index contributed by atoms with van der Waals surface area (Å²) < 4.78 is 4.85. The maximum absolute atomic E-state index is 11.9. The molecule has 1 aromatic rings. The second-order valence-electron chi connectivity index (χ2n) is 5.38. The van der Waals surface area contributed by atoms with Crippen molar-refractivity contribution in [2.45, 2.75) is 18.9 Å². The largest absolute Gasteiger partial charge is 0.376 e. The number of amides is 2. The second kappa shape index (κ2) is 10.1. The van der Waals surface area contributed by atoms with E-state index in [-0.39, 0.29) is 43.4 Å². The van der Waals surface area contributed by atoms with Crippen LogP contribution in [0.3, 0.4) is 0 Å². The maximum atomic E-state index is 11.9. The molecule has 23 heavy (non-hydrogen) atoms. The summed E-state index contributed by atoms with van der Waals surface area (Å²) in [6, 6.07) is 9.77. The van der Waals surface area contributed by atoms with Crippen molar-refractivity contribution in [3.05, 3.63) is 30.3 Å². The molecule has 2 rings (SSSR count). The number of likely N-dealkylation sites (tertiary alicyclic amines) is 1. The van der Waals surface area contributed by atoms with Crippen molar-refractivity contribution in [2.75, 3.05) is 38.7 Å². The van der Waals surface area contributed by atoms with Gasteiger partial charge < -0.3 is 20.3 Å². The molecule has 0 saturated carbocycles. The van der Waals surface area contributed by atoms with Gasteiger partial charge in [0.1, 0.15) is 6.61 Å². The first-order valence-electron chi connectivity index (χ1n) is 7.54. The lowest BCUT2D eigenvalue weighted by Gasteiger charge is -2.32. The van der Waals surface area contributed by atoms with E-state index >= 15 is 0 Å². The molecule has 1 saturated heterocycles. The molecule has 0 radical (unpaired) electrons. The van der Waals surface area contributed by atoms with Gasteiger partial charge in [0.15, 0.2) is 0 Å². The number of nitrogens with zero attached hydrogens (tertiary/aromatic N) is 1. The van der Waals surface area contributed by atoms with Crippen LogP contribution in [-0.2, 0) is 14.3 Å². The fourth-order valence-corrected chi connectivity index (χ4v) is 2.51. The van der Waals surface area contributed by atoms with Gasteiger partial charge in [0.2, 0.25) is 11.8 Å². The Labute approximate surface area is 143 Å². The Kier molecular flexibility index (Phi) is 8.43. The summed E-state index contributed by atoms with van der Waals surface area (Å²) in [7, 11) is 1.52. The Balaban J connectivity index is 0.00000264. The molecule has 2 N–H and O–H groups in total. The summed E-state index contributed by atoms with van der Waals surface area (Å²) in [6.07, 6.45) is 1.57. The average Bonchev–Trinajstić information content (AvgIpc) is 2.55. The summed E-state index contributed by atoms with van der Waals surface area (Å²) in [4.78, 5) is 25.4. The minimum absolute atomic E-state index is 0. The van der Waals surface area contributed by atoms with Crippen molar-refractivity contribution in [1.29, 1.82) is 0 Å². The summed E-state index contributed by atoms with van der Waals surface area (Å²) in [5, 5.41) is 6.09. The standard InChI is InChI=1S/C16H23N3O3.ClH/c1-22-12-16(21)19-9-7-14(8-10-19)18-15(20)11-17-13-5-3-2-4-6-13;/h2-6,14,17H,7-12H2,1H3,(H,18,20);1H. The molecule has 6 nitrogen and oxygen atoms in total. The number of benzene rings is 1. The number of piperidine rings is 1. The van der Waals surface area contributed by atoms with Crippen molar-refractivity contribution < 1.29 is 14.3 Å². The Bertz CT molecular complexity index is 491. The van der Waals surface area contributed by atoms with Crippen molar-refractivity contribution in [3.8, 4) is 0 Å². The topological polar surface area (TPSA) is 70.7 Å². The molecule has 2 amide bonds. The van der Waals surface area contributed by atoms with E-state index in [2.05, 4.69) is 10.6 Å². The number of carbonyl (C=O) groups excluding carboxylic acids is 2. The number of carbonyl (C=O) groups is 2. The lowest BCUT2D eigenvalue weighted by molar-refractivity contribution is -0.136. The van der Waals surface area contributed by atoms with Crippen molar-refractivity contribution >= 4 is 29.9 Å². The number of halogens is 1. The SMILES string of the molecule is COCC(=O)N1CCC(NC(=O)CNc2ccccc2)CC1.Cl. The zero-order valence-electron chi connectivity index (χ0n) is 13.3. The average molecular weight is 342 g/mol. The Morgan fingerprint density at radius 1 is 1.22 bits per heavy atom. The zero-order valence-corrected chi connectivity index (χ0v) is 14.1. The Morgan fingerprint density at radius 3 is 2.48 bits per heavy atom. The number of para-hydroxylation sites is 1. The molecule has 1 heterocycles. The van der Waals surface area contributed by atoms with Crippen molar-refractivity contribution in [3.63, 3.8) is 0 Å². The van der Waals surface area contributed by atoms with Crippen LogP contribution in [0.4, 0.5) is 5.69 Å². The predicted molar refractivity (Wildman–Crippen MR) is 91.8 cm³/mol. The van der Waals surface area contributed by atoms with Gasteiger partial charge in [-0.2, -0.15) is 0 Å². The van der Waals surface area contributed by atoms with Crippen molar-refractivity contribution in [1.82, 2.24) is 10.2 Å². The molecular weight excluding hydrogens is 318 g/mol. The first kappa shape index (κ1) is 19.3. The molecule has 128 valence electrons. The number of hydrogen-bond donors (Lipinski definition) is 2. The molecule has 0 aromatic heterocycles. The van der Waals surface area contributed by atoms with E-state index in [0.717, 1.165) is 18.5 Å². The van der Waals surface area contributed by atoms with Gasteiger partial charge in [0.25, 0.3) is 0 Å². The molecule has 7 heteroatoms. The van der Waals surface area contributed by atoms with E-state index < -0.39 is 0 Å². The molecule has 1 fully saturated rings. The fraction of sp³-hybridized carbons (Fsp3) is 0.500. The molecule has 1 aliphatic heterocycles. The summed E-state index contributed by atoms with van der Waals surface area (Å²) in [6.45, 7) is 1.71. The van der Waals surface area contributed by atoms with E-state index in [9.17, 15) is 9.59 Å². The number of nitrogens with one attached hydrogen (secondary N) is 2. The highest BCUT2D eigenvalue weighted by atomic mass is 35.5. The Hall–Kier alpha value is -1.79. The number of methoxy groups -OCH3 is 1. The van der Waals surface area contributed by atoms with E-state index in [1.165, 1.54) is 7.11 Å². The molecule has 1 aromatic carbocycles. The molecule has 0 aliphatic carbocycles. The minimum Gasteiger partial charge on any atom is -0.376 e. The molecule has 0 bridgehead atoms. The lowest BCUT2D eigenvalue weighted by Crippen LogP contribution is -2.48. The van der Waals surface area contributed by atoms with Gasteiger partial charge in [-0.15, -0.1) is 12.4 Å². The highest BCUT2D eigenvalue weighted by molar-refractivity contribution is 5.85. The smallest absolute Gasteiger partial charge is 0.248 e. The summed E-state index contributed by atoms with van der Waals surface area (Å²) >= 11 is 0. The first-order chi connectivity index (χ1) is 10.7. The first-order valence-corrected chi connectivity index (χ1v) is 7.54. The summed E-state index contributed by atoms with van der Waals surface area (Å²) in [5.41, 5.74) is 0.928. The van der Waals surface area contributed by atoms with E-state index in [4.69, 9.17) is 4.74 Å². The third-order valence-corrected chi connectivity index (χ3v) is 3.71. The van der Waals surface area contributed by atoms with Gasteiger partial charge in [0.05, 0.1) is 6.54 Å². The zero-order chi connectivity index (χ0) is 15.8. The molecular formula is C16H24ClN3O3. The highest BCUT2D eigenvalue weighted by Crippen LogP contribution is 2.11. The number of hydrogen-bond acceptors (Lipinski definition) is 4. The van der Waals surface area contributed by atoms with Crippen LogP contribution in [0.15, 0.2) is 30.3 Å². The van der Waals surface area contributed by atoms with Gasteiger partial charge in [-0.1, -0.05) is 18.2 Å². The fourth-order valence-electron chi connectivity index (χ4n) is 2.51. The van der Waals surface area contributed by atoms with Crippen LogP contribution in [0, 0.1) is 0 Å². The highest BCUT2D eigenvalue weighted by Gasteiger charge is 2.23. The normalized spacial score (nSPS) is 14.7. The second-order valence-corrected chi connectivity index (χ2v) is 5.38. The van der Waals surface area contributed by atoms with Gasteiger partial charge >= 0.3 is 0 Å². The van der Waals surface area contributed by atoms with Crippen LogP contribution in [0.5, 0.6) is 0 Å². The van der Waals surface area contributed by atoms with Crippen LogP contribution in [0.1, 0.15) is 12.8 Å². The monoisotopic (exact) mass is 341 g/mol. The maximum Gasteiger partial charge on any atom is 0.248 e. The predicted octanol–water partition coefficient (Wildman–Crippen LogP) is 1.27. The number of anilines is 1. The van der Waals surface area contributed by atoms with Gasteiger partial charge in [0, 0.05) is 31.9 Å².